The largest absolute Gasteiger partial charge is 0.382 e. The summed E-state index contributed by atoms with van der Waals surface area (Å²) in [6.45, 7) is 4.69. The Kier molecular flexibility index (Phi) is 5.43. The summed E-state index contributed by atoms with van der Waals surface area (Å²) < 4.78 is 7.45. The van der Waals surface area contributed by atoms with Crippen LogP contribution in [-0.2, 0) is 18.3 Å². The van der Waals surface area contributed by atoms with Gasteiger partial charge in [0, 0.05) is 42.7 Å². The minimum Gasteiger partial charge on any atom is -0.382 e. The Morgan fingerprint density at radius 3 is 2.78 bits per heavy atom. The molecule has 0 unspecified atom stereocenters. The summed E-state index contributed by atoms with van der Waals surface area (Å²) in [5.74, 6) is 0.929. The van der Waals surface area contributed by atoms with E-state index in [1.807, 2.05) is 6.92 Å². The number of anilines is 2. The SMILES string of the molecule is C[C@@H]1OCC2(CCN(c3nc4c(c(=O)n3C)C(Sc3ccnc(N)c3Cl)=NC4)CC2)[C@@H]1N. The van der Waals surface area contributed by atoms with Gasteiger partial charge in [-0.1, -0.05) is 23.4 Å². The van der Waals surface area contributed by atoms with Gasteiger partial charge >= 0.3 is 0 Å². The van der Waals surface area contributed by atoms with Gasteiger partial charge in [0.1, 0.15) is 10.9 Å². The van der Waals surface area contributed by atoms with Crippen LogP contribution in [0, 0.1) is 5.41 Å². The zero-order valence-corrected chi connectivity index (χ0v) is 19.6. The highest BCUT2D eigenvalue weighted by Crippen LogP contribution is 2.42. The molecule has 0 bridgehead atoms. The third-order valence-electron chi connectivity index (χ3n) is 6.90. The van der Waals surface area contributed by atoms with Crippen LogP contribution in [0.4, 0.5) is 11.8 Å². The second kappa shape index (κ2) is 8.02. The second-order valence-electron chi connectivity index (χ2n) is 8.72. The van der Waals surface area contributed by atoms with Crippen LogP contribution in [0.5, 0.6) is 0 Å². The summed E-state index contributed by atoms with van der Waals surface area (Å²) >= 11 is 7.60. The lowest BCUT2D eigenvalue weighted by molar-refractivity contribution is 0.0973. The standard InChI is InChI=1S/C21H26ClN7O2S/c1-11-16(23)21(10-31-11)4-7-29(8-5-21)20-27-12-9-26-18(14(12)19(30)28(20)2)32-13-3-6-25-17(24)15(13)22/h3,6,11,16H,4-5,7-10,23H2,1-2H3,(H2,24,25)/t11-,16+/m0/s1. The molecule has 5 heterocycles. The molecule has 2 fully saturated rings. The van der Waals surface area contributed by atoms with Crippen LogP contribution in [0.25, 0.3) is 0 Å². The first-order chi connectivity index (χ1) is 15.3. The maximum absolute atomic E-state index is 13.3. The van der Waals surface area contributed by atoms with E-state index in [4.69, 9.17) is 32.8 Å². The van der Waals surface area contributed by atoms with Crippen molar-refractivity contribution in [2.24, 2.45) is 23.2 Å². The fourth-order valence-corrected chi connectivity index (χ4v) is 6.00. The first kappa shape index (κ1) is 21.7. The molecule has 0 saturated carbocycles. The molecule has 170 valence electrons. The van der Waals surface area contributed by atoms with E-state index in [1.54, 1.807) is 23.9 Å². The first-order valence-corrected chi connectivity index (χ1v) is 11.8. The molecule has 0 aliphatic carbocycles. The molecule has 3 aliphatic rings. The highest BCUT2D eigenvalue weighted by Gasteiger charge is 2.48. The van der Waals surface area contributed by atoms with Crippen molar-refractivity contribution >= 4 is 40.2 Å². The number of nitrogens with zero attached hydrogens (tertiary/aromatic N) is 5. The lowest BCUT2D eigenvalue weighted by Crippen LogP contribution is -2.51. The fourth-order valence-electron chi connectivity index (χ4n) is 4.80. The molecule has 1 spiro atoms. The minimum atomic E-state index is -0.110. The van der Waals surface area contributed by atoms with E-state index >= 15 is 0 Å². The minimum absolute atomic E-state index is 0.0179. The molecule has 4 N–H and O–H groups in total. The predicted octanol–water partition coefficient (Wildman–Crippen LogP) is 1.80. The average Bonchev–Trinajstić information content (AvgIpc) is 3.31. The number of piperidine rings is 1. The number of aromatic nitrogens is 3. The number of rotatable bonds is 2. The number of ether oxygens (including phenoxy) is 1. The summed E-state index contributed by atoms with van der Waals surface area (Å²) in [4.78, 5) is 29.6. The van der Waals surface area contributed by atoms with E-state index in [1.165, 1.54) is 11.8 Å². The Labute approximate surface area is 195 Å². The predicted molar refractivity (Wildman–Crippen MR) is 127 cm³/mol. The van der Waals surface area contributed by atoms with Crippen LogP contribution in [-0.4, -0.2) is 51.4 Å². The van der Waals surface area contributed by atoms with Crippen LogP contribution in [0.3, 0.4) is 0 Å². The average molecular weight is 476 g/mol. The number of aliphatic imine (C=N–C) groups is 1. The normalized spacial score (nSPS) is 24.1. The Balaban J connectivity index is 1.39. The van der Waals surface area contributed by atoms with E-state index in [0.717, 1.165) is 25.9 Å². The topological polar surface area (TPSA) is 125 Å². The van der Waals surface area contributed by atoms with Gasteiger partial charge in [0.25, 0.3) is 5.56 Å². The molecule has 5 rings (SSSR count). The third kappa shape index (κ3) is 3.40. The van der Waals surface area contributed by atoms with Crippen LogP contribution < -0.4 is 21.9 Å². The molecular formula is C21H26ClN7O2S. The van der Waals surface area contributed by atoms with Crippen molar-refractivity contribution in [1.29, 1.82) is 0 Å². The lowest BCUT2D eigenvalue weighted by atomic mass is 9.73. The maximum atomic E-state index is 13.3. The number of halogens is 1. The molecule has 11 heteroatoms. The molecule has 0 amide bonds. The summed E-state index contributed by atoms with van der Waals surface area (Å²) in [5, 5.41) is 0.966. The summed E-state index contributed by atoms with van der Waals surface area (Å²) in [6.07, 6.45) is 3.52. The van der Waals surface area contributed by atoms with Crippen molar-refractivity contribution in [2.45, 2.75) is 43.4 Å². The van der Waals surface area contributed by atoms with Gasteiger partial charge in [0.15, 0.2) is 0 Å². The Bertz CT molecular complexity index is 1160. The number of pyridine rings is 1. The highest BCUT2D eigenvalue weighted by atomic mass is 35.5. The Hall–Kier alpha value is -2.14. The van der Waals surface area contributed by atoms with Crippen LogP contribution in [0.2, 0.25) is 5.02 Å². The van der Waals surface area contributed by atoms with Crippen molar-refractivity contribution in [3.8, 4) is 0 Å². The molecule has 3 aliphatic heterocycles. The van der Waals surface area contributed by atoms with Crippen LogP contribution in [0.15, 0.2) is 26.9 Å². The van der Waals surface area contributed by atoms with Gasteiger partial charge in [-0.25, -0.2) is 9.97 Å². The highest BCUT2D eigenvalue weighted by molar-refractivity contribution is 8.14. The van der Waals surface area contributed by atoms with Gasteiger partial charge in [-0.05, 0) is 25.8 Å². The van der Waals surface area contributed by atoms with E-state index in [-0.39, 0.29) is 28.9 Å². The number of thioether (sulfide) groups is 1. The number of hydrogen-bond donors (Lipinski definition) is 2. The molecule has 2 saturated heterocycles. The lowest BCUT2D eigenvalue weighted by Gasteiger charge is -2.41. The molecule has 0 radical (unpaired) electrons. The second-order valence-corrected chi connectivity index (χ2v) is 10.1. The van der Waals surface area contributed by atoms with Crippen molar-refractivity contribution in [1.82, 2.24) is 14.5 Å². The van der Waals surface area contributed by atoms with Gasteiger partial charge in [-0.2, -0.15) is 0 Å². The monoisotopic (exact) mass is 475 g/mol. The van der Waals surface area contributed by atoms with Gasteiger partial charge in [-0.15, -0.1) is 0 Å². The quantitative estimate of drug-likeness (QED) is 0.673. The van der Waals surface area contributed by atoms with Crippen molar-refractivity contribution < 1.29 is 4.74 Å². The number of nitrogen functional groups attached to an aromatic ring is 1. The fraction of sp³-hybridized carbons (Fsp3) is 0.524. The number of nitrogens with two attached hydrogens (primary N) is 2. The molecule has 2 aromatic heterocycles. The number of fused-ring (bicyclic) bond motifs is 1. The van der Waals surface area contributed by atoms with Crippen LogP contribution >= 0.6 is 23.4 Å². The van der Waals surface area contributed by atoms with Crippen molar-refractivity contribution in [2.75, 3.05) is 30.3 Å². The Morgan fingerprint density at radius 1 is 1.34 bits per heavy atom. The van der Waals surface area contributed by atoms with Crippen LogP contribution in [0.1, 0.15) is 31.0 Å². The molecule has 2 atom stereocenters. The summed E-state index contributed by atoms with van der Waals surface area (Å²) in [5.41, 5.74) is 13.4. The number of hydrogen-bond acceptors (Lipinski definition) is 9. The molecule has 9 nitrogen and oxygen atoms in total. The van der Waals surface area contributed by atoms with Crippen molar-refractivity contribution in [3.05, 3.63) is 38.9 Å². The van der Waals surface area contributed by atoms with Gasteiger partial charge in [0.05, 0.1) is 35.5 Å². The summed E-state index contributed by atoms with van der Waals surface area (Å²) in [7, 11) is 1.76. The van der Waals surface area contributed by atoms with Gasteiger partial charge in [0.2, 0.25) is 5.95 Å². The van der Waals surface area contributed by atoms with E-state index < -0.39 is 0 Å². The van der Waals surface area contributed by atoms with Crippen molar-refractivity contribution in [3.63, 3.8) is 0 Å². The van der Waals surface area contributed by atoms with Gasteiger partial charge < -0.3 is 21.1 Å². The van der Waals surface area contributed by atoms with E-state index in [0.29, 0.717) is 45.3 Å². The van der Waals surface area contributed by atoms with E-state index in [9.17, 15) is 4.79 Å². The summed E-state index contributed by atoms with van der Waals surface area (Å²) in [6, 6.07) is 1.81. The third-order valence-corrected chi connectivity index (χ3v) is 8.50. The van der Waals surface area contributed by atoms with E-state index in [2.05, 4.69) is 14.9 Å². The smallest absolute Gasteiger partial charge is 0.265 e. The Morgan fingerprint density at radius 2 is 2.09 bits per heavy atom. The molecule has 0 aromatic carbocycles. The van der Waals surface area contributed by atoms with Gasteiger partial charge in [-0.3, -0.25) is 14.4 Å². The molecular weight excluding hydrogens is 450 g/mol. The molecule has 2 aromatic rings. The zero-order valence-electron chi connectivity index (χ0n) is 18.0. The molecule has 32 heavy (non-hydrogen) atoms. The first-order valence-electron chi connectivity index (χ1n) is 10.7. The maximum Gasteiger partial charge on any atom is 0.265 e. The zero-order chi connectivity index (χ0) is 22.6.